The minimum Gasteiger partial charge on any atom is -0.381 e. The van der Waals surface area contributed by atoms with Gasteiger partial charge in [-0.05, 0) is 19.1 Å². The molecule has 0 spiro atoms. The van der Waals surface area contributed by atoms with E-state index in [1.54, 1.807) is 7.11 Å². The summed E-state index contributed by atoms with van der Waals surface area (Å²) in [4.78, 5) is 14.0. The summed E-state index contributed by atoms with van der Waals surface area (Å²) in [6.07, 6.45) is 3.66. The first-order valence-corrected chi connectivity index (χ1v) is 9.58. The maximum Gasteiger partial charge on any atom is 0.194 e. The molecular weight excluding hydrogens is 330 g/mol. The van der Waals surface area contributed by atoms with E-state index in [1.165, 1.54) is 0 Å². The number of hydrogen-bond donors (Lipinski definition) is 1. The van der Waals surface area contributed by atoms with Gasteiger partial charge in [0.1, 0.15) is 5.82 Å². The average molecular weight is 361 g/mol. The zero-order chi connectivity index (χ0) is 18.2. The highest BCUT2D eigenvalue weighted by Gasteiger charge is 2.32. The molecule has 1 aromatic heterocycles. The molecule has 7 heteroatoms. The van der Waals surface area contributed by atoms with Gasteiger partial charge < -0.3 is 24.6 Å². The summed E-state index contributed by atoms with van der Waals surface area (Å²) in [5, 5.41) is 3.44. The predicted molar refractivity (Wildman–Crippen MR) is 104 cm³/mol. The third kappa shape index (κ3) is 4.65. The Balaban J connectivity index is 1.61. The number of nitrogens with zero attached hydrogens (tertiary/aromatic N) is 4. The molecule has 2 aliphatic heterocycles. The number of methoxy groups -OCH3 is 1. The summed E-state index contributed by atoms with van der Waals surface area (Å²) in [7, 11) is 1.79. The molecular formula is C19H31N5O2. The first-order valence-electron chi connectivity index (χ1n) is 9.58. The maximum absolute atomic E-state index is 5.82. The third-order valence-corrected chi connectivity index (χ3v) is 5.24. The Morgan fingerprint density at radius 1 is 1.27 bits per heavy atom. The van der Waals surface area contributed by atoms with Crippen molar-refractivity contribution in [3.8, 4) is 0 Å². The van der Waals surface area contributed by atoms with E-state index >= 15 is 0 Å². The van der Waals surface area contributed by atoms with Crippen molar-refractivity contribution < 1.29 is 9.47 Å². The second-order valence-electron chi connectivity index (χ2n) is 6.83. The summed E-state index contributed by atoms with van der Waals surface area (Å²) in [6, 6.07) is 6.07. The minimum absolute atomic E-state index is 0.186. The van der Waals surface area contributed by atoms with Crippen LogP contribution in [0.25, 0.3) is 0 Å². The fraction of sp³-hybridized carbons (Fsp3) is 0.684. The van der Waals surface area contributed by atoms with E-state index in [2.05, 4.69) is 33.1 Å². The lowest BCUT2D eigenvalue weighted by atomic mass is 9.94. The van der Waals surface area contributed by atoms with Crippen LogP contribution in [0.3, 0.4) is 0 Å². The summed E-state index contributed by atoms with van der Waals surface area (Å²) in [6.45, 7) is 8.93. The van der Waals surface area contributed by atoms with Crippen LogP contribution in [0.1, 0.15) is 19.8 Å². The van der Waals surface area contributed by atoms with Gasteiger partial charge in [0.2, 0.25) is 0 Å². The number of aromatic nitrogens is 1. The Labute approximate surface area is 156 Å². The lowest BCUT2D eigenvalue weighted by Crippen LogP contribution is -2.53. The lowest BCUT2D eigenvalue weighted by molar-refractivity contribution is -0.0829. The summed E-state index contributed by atoms with van der Waals surface area (Å²) < 4.78 is 11.3. The van der Waals surface area contributed by atoms with E-state index in [0.717, 1.165) is 70.6 Å². The van der Waals surface area contributed by atoms with Crippen molar-refractivity contribution in [3.63, 3.8) is 0 Å². The maximum atomic E-state index is 5.82. The van der Waals surface area contributed by atoms with Crippen LogP contribution in [0.2, 0.25) is 0 Å². The number of pyridine rings is 1. The number of anilines is 1. The zero-order valence-electron chi connectivity index (χ0n) is 16.0. The molecule has 3 rings (SSSR count). The summed E-state index contributed by atoms with van der Waals surface area (Å²) in [5.74, 6) is 2.03. The van der Waals surface area contributed by atoms with Gasteiger partial charge >= 0.3 is 0 Å². The van der Waals surface area contributed by atoms with E-state index in [1.807, 2.05) is 18.3 Å². The second kappa shape index (κ2) is 9.19. The summed E-state index contributed by atoms with van der Waals surface area (Å²) >= 11 is 0. The van der Waals surface area contributed by atoms with Crippen molar-refractivity contribution in [2.24, 2.45) is 4.99 Å². The Morgan fingerprint density at radius 3 is 2.65 bits per heavy atom. The minimum atomic E-state index is -0.186. The van der Waals surface area contributed by atoms with Crippen molar-refractivity contribution in [1.82, 2.24) is 15.2 Å². The van der Waals surface area contributed by atoms with Gasteiger partial charge in [0.15, 0.2) is 5.96 Å². The molecule has 0 amide bonds. The van der Waals surface area contributed by atoms with Crippen LogP contribution in [-0.4, -0.2) is 81.0 Å². The second-order valence-corrected chi connectivity index (χ2v) is 6.83. The molecule has 0 unspecified atom stereocenters. The van der Waals surface area contributed by atoms with Crippen LogP contribution in [0, 0.1) is 0 Å². The van der Waals surface area contributed by atoms with Gasteiger partial charge in [0.05, 0.1) is 12.1 Å². The lowest BCUT2D eigenvalue weighted by Gasteiger charge is -2.38. The number of rotatable bonds is 5. The average Bonchev–Trinajstić information content (AvgIpc) is 2.72. The molecule has 0 saturated carbocycles. The van der Waals surface area contributed by atoms with Crippen molar-refractivity contribution in [3.05, 3.63) is 24.4 Å². The number of hydrogen-bond acceptors (Lipinski definition) is 5. The normalized spacial score (nSPS) is 20.9. The largest absolute Gasteiger partial charge is 0.381 e. The van der Waals surface area contributed by atoms with E-state index in [9.17, 15) is 0 Å². The van der Waals surface area contributed by atoms with Gasteiger partial charge in [-0.25, -0.2) is 4.98 Å². The molecule has 0 bridgehead atoms. The van der Waals surface area contributed by atoms with Gasteiger partial charge in [0, 0.05) is 72.1 Å². The topological polar surface area (TPSA) is 62.2 Å². The Bertz CT molecular complexity index is 567. The zero-order valence-corrected chi connectivity index (χ0v) is 16.0. The Kier molecular flexibility index (Phi) is 6.68. The first kappa shape index (κ1) is 18.9. The van der Waals surface area contributed by atoms with Gasteiger partial charge in [-0.2, -0.15) is 0 Å². The number of nitrogens with one attached hydrogen (secondary N) is 1. The molecule has 0 radical (unpaired) electrons. The smallest absolute Gasteiger partial charge is 0.194 e. The quantitative estimate of drug-likeness (QED) is 0.631. The van der Waals surface area contributed by atoms with Gasteiger partial charge in [-0.3, -0.25) is 4.99 Å². The fourth-order valence-electron chi connectivity index (χ4n) is 3.50. The molecule has 26 heavy (non-hydrogen) atoms. The van der Waals surface area contributed by atoms with Gasteiger partial charge in [-0.15, -0.1) is 0 Å². The molecule has 2 saturated heterocycles. The van der Waals surface area contributed by atoms with Gasteiger partial charge in [0.25, 0.3) is 0 Å². The molecule has 1 N–H and O–H groups in total. The highest BCUT2D eigenvalue weighted by Crippen LogP contribution is 2.25. The van der Waals surface area contributed by atoms with Crippen molar-refractivity contribution in [2.45, 2.75) is 25.4 Å². The van der Waals surface area contributed by atoms with Crippen LogP contribution in [0.4, 0.5) is 5.82 Å². The van der Waals surface area contributed by atoms with Crippen LogP contribution in [-0.2, 0) is 9.47 Å². The molecule has 2 fully saturated rings. The van der Waals surface area contributed by atoms with E-state index in [0.29, 0.717) is 6.54 Å². The first-order chi connectivity index (χ1) is 12.8. The number of aliphatic imine (C=N–C) groups is 1. The number of ether oxygens (including phenoxy) is 2. The van der Waals surface area contributed by atoms with Gasteiger partial charge in [-0.1, -0.05) is 6.07 Å². The molecule has 144 valence electrons. The molecule has 2 aliphatic rings. The van der Waals surface area contributed by atoms with Crippen LogP contribution >= 0.6 is 0 Å². The van der Waals surface area contributed by atoms with Crippen LogP contribution in [0.15, 0.2) is 29.4 Å². The molecule has 3 heterocycles. The highest BCUT2D eigenvalue weighted by molar-refractivity contribution is 5.80. The van der Waals surface area contributed by atoms with Crippen LogP contribution < -0.4 is 10.2 Å². The van der Waals surface area contributed by atoms with E-state index < -0.39 is 0 Å². The SMILES string of the molecule is CCNC(=NCC1(OC)CCOCC1)N1CCN(c2ccccn2)CC1. The molecule has 0 aromatic carbocycles. The summed E-state index contributed by atoms with van der Waals surface area (Å²) in [5.41, 5.74) is -0.186. The van der Waals surface area contributed by atoms with Crippen molar-refractivity contribution in [2.75, 3.05) is 64.5 Å². The highest BCUT2D eigenvalue weighted by atomic mass is 16.5. The van der Waals surface area contributed by atoms with Crippen LogP contribution in [0.5, 0.6) is 0 Å². The molecule has 1 aromatic rings. The van der Waals surface area contributed by atoms with Crippen molar-refractivity contribution >= 4 is 11.8 Å². The Morgan fingerprint density at radius 2 is 2.04 bits per heavy atom. The fourth-order valence-corrected chi connectivity index (χ4v) is 3.50. The van der Waals surface area contributed by atoms with Crippen molar-refractivity contribution in [1.29, 1.82) is 0 Å². The molecule has 0 atom stereocenters. The van der Waals surface area contributed by atoms with E-state index in [-0.39, 0.29) is 5.60 Å². The number of guanidine groups is 1. The number of piperazine rings is 1. The van der Waals surface area contributed by atoms with E-state index in [4.69, 9.17) is 14.5 Å². The monoisotopic (exact) mass is 361 g/mol. The standard InChI is InChI=1S/C19H31N5O2/c1-3-20-18(22-16-19(25-2)7-14-26-15-8-19)24-12-10-23(11-13-24)17-6-4-5-9-21-17/h4-6,9H,3,7-8,10-16H2,1-2H3,(H,20,22). The predicted octanol–water partition coefficient (Wildman–Crippen LogP) is 1.36. The molecule has 0 aliphatic carbocycles. The Hall–Kier alpha value is -1.86. The third-order valence-electron chi connectivity index (χ3n) is 5.24. The molecule has 7 nitrogen and oxygen atoms in total.